The van der Waals surface area contributed by atoms with Crippen molar-refractivity contribution in [3.05, 3.63) is 53.6 Å². The van der Waals surface area contributed by atoms with Crippen LogP contribution in [0, 0.1) is 6.92 Å². The summed E-state index contributed by atoms with van der Waals surface area (Å²) in [6.45, 7) is 1.59. The van der Waals surface area contributed by atoms with Crippen molar-refractivity contribution in [2.24, 2.45) is 0 Å². The van der Waals surface area contributed by atoms with Crippen LogP contribution in [0.25, 0.3) is 11.0 Å². The number of rotatable bonds is 6. The highest BCUT2D eigenvalue weighted by Crippen LogP contribution is 2.34. The molecule has 0 saturated carbocycles. The van der Waals surface area contributed by atoms with Gasteiger partial charge < -0.3 is 15.2 Å². The lowest BCUT2D eigenvalue weighted by atomic mass is 10.1. The Morgan fingerprint density at radius 1 is 1.20 bits per heavy atom. The zero-order valence-corrected chi connectivity index (χ0v) is 17.0. The third kappa shape index (κ3) is 5.32. The maximum Gasteiger partial charge on any atom is 0.418 e. The van der Waals surface area contributed by atoms with E-state index in [1.807, 2.05) is 25.1 Å². The van der Waals surface area contributed by atoms with E-state index in [0.29, 0.717) is 5.16 Å². The molecule has 0 fully saturated rings. The van der Waals surface area contributed by atoms with E-state index in [4.69, 9.17) is 0 Å². The van der Waals surface area contributed by atoms with Gasteiger partial charge in [0.15, 0.2) is 5.16 Å². The van der Waals surface area contributed by atoms with Crippen LogP contribution in [-0.2, 0) is 15.8 Å². The van der Waals surface area contributed by atoms with Gasteiger partial charge in [0.05, 0.1) is 34.6 Å². The molecule has 0 aliphatic carbocycles. The van der Waals surface area contributed by atoms with E-state index >= 15 is 0 Å². The average molecular weight is 436 g/mol. The number of hydrogen-bond donors (Lipinski definition) is 2. The number of carbonyl (C=O) groups is 2. The second-order valence-electron chi connectivity index (χ2n) is 6.69. The molecule has 2 aromatic carbocycles. The molecule has 30 heavy (non-hydrogen) atoms. The number of likely N-dealkylation sites (N-methyl/N-ethyl adjacent to an activating group) is 1. The van der Waals surface area contributed by atoms with Gasteiger partial charge >= 0.3 is 6.18 Å². The Balaban J connectivity index is 1.55. The standard InChI is InChI=1S/C20H19F3N4O2S/c1-12-7-8-15-16(9-12)26-19(25-15)30-11-18(29)27(2)10-17(28)24-14-6-4-3-5-13(14)20(21,22)23/h3-9H,10-11H2,1-2H3,(H,24,28)(H,25,26). The van der Waals surface area contributed by atoms with Crippen LogP contribution in [-0.4, -0.2) is 46.0 Å². The SMILES string of the molecule is Cc1ccc2nc(SCC(=O)N(C)CC(=O)Nc3ccccc3C(F)(F)F)[nH]c2c1. The van der Waals surface area contributed by atoms with E-state index < -0.39 is 17.6 Å². The lowest BCUT2D eigenvalue weighted by molar-refractivity contribution is -0.137. The number of amides is 2. The van der Waals surface area contributed by atoms with Crippen LogP contribution in [0.5, 0.6) is 0 Å². The number of alkyl halides is 3. The number of aryl methyl sites for hydroxylation is 1. The number of benzene rings is 2. The number of fused-ring (bicyclic) bond motifs is 1. The molecule has 0 aliphatic heterocycles. The number of thioether (sulfide) groups is 1. The van der Waals surface area contributed by atoms with Crippen LogP contribution in [0.1, 0.15) is 11.1 Å². The summed E-state index contributed by atoms with van der Waals surface area (Å²) in [5.41, 5.74) is 1.44. The number of halogens is 3. The summed E-state index contributed by atoms with van der Waals surface area (Å²) < 4.78 is 39.1. The van der Waals surface area contributed by atoms with E-state index in [1.54, 1.807) is 0 Å². The second kappa shape index (κ2) is 8.78. The molecule has 0 radical (unpaired) electrons. The minimum atomic E-state index is -4.59. The quantitative estimate of drug-likeness (QED) is 0.571. The van der Waals surface area contributed by atoms with Crippen molar-refractivity contribution < 1.29 is 22.8 Å². The number of anilines is 1. The van der Waals surface area contributed by atoms with Crippen molar-refractivity contribution in [2.75, 3.05) is 24.7 Å². The van der Waals surface area contributed by atoms with Gasteiger partial charge in [0.2, 0.25) is 11.8 Å². The van der Waals surface area contributed by atoms with Gasteiger partial charge in [-0.15, -0.1) is 0 Å². The van der Waals surface area contributed by atoms with E-state index in [0.717, 1.165) is 27.6 Å². The van der Waals surface area contributed by atoms with Gasteiger partial charge in [-0.3, -0.25) is 9.59 Å². The highest BCUT2D eigenvalue weighted by molar-refractivity contribution is 7.99. The summed E-state index contributed by atoms with van der Waals surface area (Å²) in [5, 5.41) is 2.79. The molecular weight excluding hydrogens is 417 g/mol. The molecule has 3 aromatic rings. The van der Waals surface area contributed by atoms with E-state index in [1.165, 1.54) is 37.0 Å². The smallest absolute Gasteiger partial charge is 0.336 e. The molecule has 3 rings (SSSR count). The number of aromatic amines is 1. The van der Waals surface area contributed by atoms with Crippen LogP contribution >= 0.6 is 11.8 Å². The molecule has 1 heterocycles. The number of hydrogen-bond acceptors (Lipinski definition) is 4. The van der Waals surface area contributed by atoms with Crippen molar-refractivity contribution in [1.29, 1.82) is 0 Å². The van der Waals surface area contributed by atoms with Gasteiger partial charge in [0.1, 0.15) is 0 Å². The van der Waals surface area contributed by atoms with Crippen LogP contribution in [0.2, 0.25) is 0 Å². The Hall–Kier alpha value is -3.01. The van der Waals surface area contributed by atoms with Gasteiger partial charge in [-0.25, -0.2) is 4.98 Å². The molecule has 0 bridgehead atoms. The monoisotopic (exact) mass is 436 g/mol. The highest BCUT2D eigenvalue weighted by atomic mass is 32.2. The van der Waals surface area contributed by atoms with Crippen molar-refractivity contribution in [2.45, 2.75) is 18.3 Å². The molecule has 2 N–H and O–H groups in total. The van der Waals surface area contributed by atoms with Crippen LogP contribution in [0.15, 0.2) is 47.6 Å². The predicted octanol–water partition coefficient (Wildman–Crippen LogP) is 4.08. The molecule has 158 valence electrons. The van der Waals surface area contributed by atoms with Crippen molar-refractivity contribution in [1.82, 2.24) is 14.9 Å². The van der Waals surface area contributed by atoms with Gasteiger partial charge in [-0.2, -0.15) is 13.2 Å². The fourth-order valence-electron chi connectivity index (χ4n) is 2.74. The number of H-pyrrole nitrogens is 1. The van der Waals surface area contributed by atoms with Crippen molar-refractivity contribution in [3.63, 3.8) is 0 Å². The van der Waals surface area contributed by atoms with Crippen molar-refractivity contribution in [3.8, 4) is 0 Å². The Kier molecular flexibility index (Phi) is 6.35. The number of para-hydroxylation sites is 1. The second-order valence-corrected chi connectivity index (χ2v) is 7.66. The van der Waals surface area contributed by atoms with E-state index in [2.05, 4.69) is 15.3 Å². The van der Waals surface area contributed by atoms with Crippen LogP contribution < -0.4 is 5.32 Å². The molecule has 6 nitrogen and oxygen atoms in total. The third-order valence-corrected chi connectivity index (χ3v) is 5.12. The first kappa shape index (κ1) is 21.7. The molecule has 1 aromatic heterocycles. The minimum absolute atomic E-state index is 0.0295. The molecule has 0 atom stereocenters. The topological polar surface area (TPSA) is 78.1 Å². The number of carbonyl (C=O) groups excluding carboxylic acids is 2. The lowest BCUT2D eigenvalue weighted by Crippen LogP contribution is -2.36. The molecule has 0 unspecified atom stereocenters. The Labute approximate surface area is 174 Å². The number of nitrogens with zero attached hydrogens (tertiary/aromatic N) is 2. The lowest BCUT2D eigenvalue weighted by Gasteiger charge is -2.18. The number of aromatic nitrogens is 2. The van der Waals surface area contributed by atoms with Gasteiger partial charge in [0, 0.05) is 7.05 Å². The van der Waals surface area contributed by atoms with E-state index in [9.17, 15) is 22.8 Å². The summed E-state index contributed by atoms with van der Waals surface area (Å²) >= 11 is 1.19. The molecule has 0 saturated heterocycles. The van der Waals surface area contributed by atoms with Gasteiger partial charge in [-0.05, 0) is 36.8 Å². The summed E-state index contributed by atoms with van der Waals surface area (Å²) in [7, 11) is 1.42. The molecule has 2 amide bonds. The summed E-state index contributed by atoms with van der Waals surface area (Å²) in [6, 6.07) is 10.4. The Bertz CT molecular complexity index is 1080. The molecule has 0 aliphatic rings. The third-order valence-electron chi connectivity index (χ3n) is 4.26. The highest BCUT2D eigenvalue weighted by Gasteiger charge is 2.33. The first-order chi connectivity index (χ1) is 14.1. The summed E-state index contributed by atoms with van der Waals surface area (Å²) in [5.74, 6) is -1.04. The zero-order valence-electron chi connectivity index (χ0n) is 16.2. The first-order valence-corrected chi connectivity index (χ1v) is 9.91. The van der Waals surface area contributed by atoms with Crippen molar-refractivity contribution >= 4 is 40.3 Å². The van der Waals surface area contributed by atoms with Gasteiger partial charge in [-0.1, -0.05) is 30.0 Å². The van der Waals surface area contributed by atoms with Crippen LogP contribution in [0.4, 0.5) is 18.9 Å². The fourth-order valence-corrected chi connectivity index (χ4v) is 3.57. The average Bonchev–Trinajstić information content (AvgIpc) is 3.07. The maximum absolute atomic E-state index is 13.0. The first-order valence-electron chi connectivity index (χ1n) is 8.92. The fraction of sp³-hybridized carbons (Fsp3) is 0.250. The zero-order chi connectivity index (χ0) is 21.9. The van der Waals surface area contributed by atoms with Crippen LogP contribution in [0.3, 0.4) is 0 Å². The molecule has 10 heteroatoms. The minimum Gasteiger partial charge on any atom is -0.336 e. The normalized spacial score (nSPS) is 11.5. The van der Waals surface area contributed by atoms with Gasteiger partial charge in [0.25, 0.3) is 0 Å². The molecular formula is C20H19F3N4O2S. The number of nitrogens with one attached hydrogen (secondary N) is 2. The number of imidazole rings is 1. The predicted molar refractivity (Wildman–Crippen MR) is 109 cm³/mol. The summed E-state index contributed by atoms with van der Waals surface area (Å²) in [4.78, 5) is 33.1. The molecule has 0 spiro atoms. The largest absolute Gasteiger partial charge is 0.418 e. The van der Waals surface area contributed by atoms with E-state index in [-0.39, 0.29) is 23.9 Å². The maximum atomic E-state index is 13.0. The Morgan fingerprint density at radius 3 is 2.67 bits per heavy atom. The Morgan fingerprint density at radius 2 is 1.93 bits per heavy atom. The summed E-state index contributed by atoms with van der Waals surface area (Å²) in [6.07, 6.45) is -4.59.